The van der Waals surface area contributed by atoms with E-state index in [1.165, 1.54) is 12.1 Å². The summed E-state index contributed by atoms with van der Waals surface area (Å²) in [5, 5.41) is 7.68. The van der Waals surface area contributed by atoms with E-state index in [4.69, 9.17) is 5.10 Å². The Bertz CT molecular complexity index is 1360. The molecule has 0 spiro atoms. The summed E-state index contributed by atoms with van der Waals surface area (Å²) in [4.78, 5) is 16.8. The van der Waals surface area contributed by atoms with E-state index in [0.29, 0.717) is 11.3 Å². The van der Waals surface area contributed by atoms with Gasteiger partial charge in [0.2, 0.25) is 0 Å². The van der Waals surface area contributed by atoms with E-state index in [9.17, 15) is 9.18 Å². The minimum atomic E-state index is -0.310. The average molecular weight is 437 g/mol. The van der Waals surface area contributed by atoms with E-state index < -0.39 is 0 Å². The van der Waals surface area contributed by atoms with Crippen LogP contribution in [0.2, 0.25) is 0 Å². The number of imidazole rings is 1. The van der Waals surface area contributed by atoms with Gasteiger partial charge in [-0.1, -0.05) is 18.2 Å². The van der Waals surface area contributed by atoms with Gasteiger partial charge in [0.05, 0.1) is 17.7 Å². The van der Waals surface area contributed by atoms with Crippen LogP contribution in [0.15, 0.2) is 104 Å². The molecule has 0 aliphatic rings. The predicted molar refractivity (Wildman–Crippen MR) is 124 cm³/mol. The third-order valence-corrected chi connectivity index (χ3v) is 5.30. The minimum absolute atomic E-state index is 0.190. The number of rotatable bonds is 6. The Morgan fingerprint density at radius 2 is 1.67 bits per heavy atom. The second kappa shape index (κ2) is 8.92. The first-order chi connectivity index (χ1) is 16.2. The Labute approximate surface area is 190 Å². The number of para-hydroxylation sites is 1. The molecule has 33 heavy (non-hydrogen) atoms. The molecular formula is C26H20FN5O. The first-order valence-electron chi connectivity index (χ1n) is 10.4. The van der Waals surface area contributed by atoms with Crippen LogP contribution in [-0.4, -0.2) is 25.2 Å². The Kier molecular flexibility index (Phi) is 5.51. The predicted octanol–water partition coefficient (Wildman–Crippen LogP) is 4.79. The normalized spacial score (nSPS) is 10.8. The molecule has 0 fully saturated rings. The van der Waals surface area contributed by atoms with Gasteiger partial charge in [-0.25, -0.2) is 14.1 Å². The summed E-state index contributed by atoms with van der Waals surface area (Å²) in [6.45, 7) is 0.279. The maximum absolute atomic E-state index is 13.4. The summed E-state index contributed by atoms with van der Waals surface area (Å²) in [6, 6.07) is 23.2. The largest absolute Gasteiger partial charge is 0.348 e. The summed E-state index contributed by atoms with van der Waals surface area (Å²) in [6.07, 6.45) is 7.14. The number of amides is 1. The van der Waals surface area contributed by atoms with Gasteiger partial charge >= 0.3 is 0 Å². The van der Waals surface area contributed by atoms with Crippen LogP contribution in [0.1, 0.15) is 15.9 Å². The monoisotopic (exact) mass is 437 g/mol. The lowest BCUT2D eigenvalue weighted by molar-refractivity contribution is 0.0951. The van der Waals surface area contributed by atoms with Crippen LogP contribution in [0.4, 0.5) is 4.39 Å². The summed E-state index contributed by atoms with van der Waals surface area (Å²) in [5.74, 6) is -0.500. The van der Waals surface area contributed by atoms with Gasteiger partial charge in [-0.15, -0.1) is 0 Å². The number of hydrogen-bond acceptors (Lipinski definition) is 3. The zero-order chi connectivity index (χ0) is 22.6. The zero-order valence-electron chi connectivity index (χ0n) is 17.6. The molecule has 0 saturated heterocycles. The molecule has 2 aromatic heterocycles. The minimum Gasteiger partial charge on any atom is -0.348 e. The highest BCUT2D eigenvalue weighted by Crippen LogP contribution is 2.24. The van der Waals surface area contributed by atoms with Gasteiger partial charge < -0.3 is 9.88 Å². The molecule has 5 aromatic rings. The number of hydrogen-bond donors (Lipinski definition) is 1. The number of carbonyl (C=O) groups is 1. The number of benzene rings is 3. The maximum atomic E-state index is 13.4. The summed E-state index contributed by atoms with van der Waals surface area (Å²) in [7, 11) is 0. The topological polar surface area (TPSA) is 64.7 Å². The molecule has 1 amide bonds. The number of carbonyl (C=O) groups excluding carboxylic acids is 1. The molecule has 3 aromatic carbocycles. The van der Waals surface area contributed by atoms with Crippen LogP contribution in [-0.2, 0) is 6.54 Å². The van der Waals surface area contributed by atoms with Crippen molar-refractivity contribution in [2.24, 2.45) is 0 Å². The maximum Gasteiger partial charge on any atom is 0.251 e. The Balaban J connectivity index is 1.38. The number of halogens is 1. The quantitative estimate of drug-likeness (QED) is 0.415. The zero-order valence-corrected chi connectivity index (χ0v) is 17.6. The Morgan fingerprint density at radius 3 is 2.36 bits per heavy atom. The highest BCUT2D eigenvalue weighted by molar-refractivity contribution is 5.94. The van der Waals surface area contributed by atoms with Gasteiger partial charge in [0.15, 0.2) is 0 Å². The third-order valence-electron chi connectivity index (χ3n) is 5.30. The lowest BCUT2D eigenvalue weighted by Gasteiger charge is -2.07. The van der Waals surface area contributed by atoms with Gasteiger partial charge in [0.1, 0.15) is 5.82 Å². The SMILES string of the molecule is O=C(NCc1cn(-c2ccccc2)nc1-c1ccc(F)cc1)c1ccc(-n2ccnc2)cc1. The van der Waals surface area contributed by atoms with Crippen molar-refractivity contribution in [3.05, 3.63) is 121 Å². The van der Waals surface area contributed by atoms with Crippen molar-refractivity contribution >= 4 is 5.91 Å². The van der Waals surface area contributed by atoms with Crippen molar-refractivity contribution in [2.45, 2.75) is 6.54 Å². The Morgan fingerprint density at radius 1 is 0.909 bits per heavy atom. The third kappa shape index (κ3) is 4.43. The van der Waals surface area contributed by atoms with E-state index in [2.05, 4.69) is 10.3 Å². The van der Waals surface area contributed by atoms with Crippen molar-refractivity contribution in [2.75, 3.05) is 0 Å². The molecule has 0 radical (unpaired) electrons. The summed E-state index contributed by atoms with van der Waals surface area (Å²) in [5.41, 5.74) is 4.67. The molecule has 5 rings (SSSR count). The fraction of sp³-hybridized carbons (Fsp3) is 0.0385. The first-order valence-corrected chi connectivity index (χ1v) is 10.4. The van der Waals surface area contributed by atoms with E-state index in [1.54, 1.807) is 41.5 Å². The van der Waals surface area contributed by atoms with E-state index in [-0.39, 0.29) is 18.3 Å². The van der Waals surface area contributed by atoms with Gasteiger partial charge in [0, 0.05) is 47.5 Å². The summed E-state index contributed by atoms with van der Waals surface area (Å²) >= 11 is 0. The van der Waals surface area contributed by atoms with Gasteiger partial charge in [-0.3, -0.25) is 4.79 Å². The van der Waals surface area contributed by atoms with Crippen molar-refractivity contribution in [1.29, 1.82) is 0 Å². The van der Waals surface area contributed by atoms with E-state index in [0.717, 1.165) is 22.5 Å². The van der Waals surface area contributed by atoms with Crippen LogP contribution < -0.4 is 5.32 Å². The first kappa shape index (κ1) is 20.4. The molecule has 7 heteroatoms. The molecule has 0 saturated carbocycles. The van der Waals surface area contributed by atoms with E-state index >= 15 is 0 Å². The number of aromatic nitrogens is 4. The molecular weight excluding hydrogens is 417 g/mol. The van der Waals surface area contributed by atoms with Crippen LogP contribution in [0.25, 0.3) is 22.6 Å². The van der Waals surface area contributed by atoms with Crippen molar-refractivity contribution in [1.82, 2.24) is 24.6 Å². The molecule has 6 nitrogen and oxygen atoms in total. The molecule has 0 aliphatic carbocycles. The fourth-order valence-corrected chi connectivity index (χ4v) is 3.58. The molecule has 0 atom stereocenters. The molecule has 0 unspecified atom stereocenters. The summed E-state index contributed by atoms with van der Waals surface area (Å²) < 4.78 is 17.1. The molecule has 0 bridgehead atoms. The second-order valence-corrected chi connectivity index (χ2v) is 7.49. The molecule has 2 heterocycles. The lowest BCUT2D eigenvalue weighted by atomic mass is 10.1. The highest BCUT2D eigenvalue weighted by Gasteiger charge is 2.14. The Hall–Kier alpha value is -4.52. The van der Waals surface area contributed by atoms with Gasteiger partial charge in [-0.05, 0) is 60.7 Å². The number of nitrogens with one attached hydrogen (secondary N) is 1. The van der Waals surface area contributed by atoms with Crippen LogP contribution in [0, 0.1) is 5.82 Å². The smallest absolute Gasteiger partial charge is 0.251 e. The van der Waals surface area contributed by atoms with Crippen LogP contribution in [0.5, 0.6) is 0 Å². The fourth-order valence-electron chi connectivity index (χ4n) is 3.58. The second-order valence-electron chi connectivity index (χ2n) is 7.49. The van der Waals surface area contributed by atoms with Crippen molar-refractivity contribution in [3.8, 4) is 22.6 Å². The van der Waals surface area contributed by atoms with Crippen LogP contribution in [0.3, 0.4) is 0 Å². The molecule has 1 N–H and O–H groups in total. The number of nitrogens with zero attached hydrogens (tertiary/aromatic N) is 4. The van der Waals surface area contributed by atoms with Crippen molar-refractivity contribution in [3.63, 3.8) is 0 Å². The van der Waals surface area contributed by atoms with Crippen molar-refractivity contribution < 1.29 is 9.18 Å². The highest BCUT2D eigenvalue weighted by atomic mass is 19.1. The van der Waals surface area contributed by atoms with Gasteiger partial charge in [-0.2, -0.15) is 5.10 Å². The molecule has 0 aliphatic heterocycles. The standard InChI is InChI=1S/C26H20FN5O/c27-22-10-6-19(7-11-22)25-21(17-32(30-25)24-4-2-1-3-5-24)16-29-26(33)20-8-12-23(13-9-20)31-15-14-28-18-31/h1-15,17-18H,16H2,(H,29,33). The lowest BCUT2D eigenvalue weighted by Crippen LogP contribution is -2.22. The van der Waals surface area contributed by atoms with E-state index in [1.807, 2.05) is 59.4 Å². The van der Waals surface area contributed by atoms with Crippen LogP contribution >= 0.6 is 0 Å². The average Bonchev–Trinajstić information content (AvgIpc) is 3.54. The molecule has 162 valence electrons. The van der Waals surface area contributed by atoms with Gasteiger partial charge in [0.25, 0.3) is 5.91 Å².